The number of amides is 1. The molecule has 2 N–H and O–H groups in total. The maximum Gasteiger partial charge on any atom is 0.410 e. The van der Waals surface area contributed by atoms with E-state index >= 15 is 0 Å². The highest BCUT2D eigenvalue weighted by Crippen LogP contribution is 2.15. The second kappa shape index (κ2) is 10.0. The number of guanidine groups is 1. The van der Waals surface area contributed by atoms with Gasteiger partial charge >= 0.3 is 6.09 Å². The van der Waals surface area contributed by atoms with Gasteiger partial charge in [-0.05, 0) is 59.1 Å². The molecular formula is C23H36N6O2. The zero-order valence-corrected chi connectivity index (χ0v) is 19.4. The predicted octanol–water partition coefficient (Wildman–Crippen LogP) is 3.14. The lowest BCUT2D eigenvalue weighted by Crippen LogP contribution is -2.53. The number of fused-ring (bicyclic) bond motifs is 1. The number of imidazole rings is 1. The number of nitrogens with zero attached hydrogens (tertiary/aromatic N) is 4. The molecule has 8 heteroatoms. The highest BCUT2D eigenvalue weighted by molar-refractivity contribution is 5.80. The van der Waals surface area contributed by atoms with E-state index in [2.05, 4.69) is 41.1 Å². The van der Waals surface area contributed by atoms with Crippen LogP contribution in [-0.4, -0.2) is 64.2 Å². The number of aryl methyl sites for hydroxylation is 1. The zero-order chi connectivity index (χ0) is 22.4. The molecule has 0 saturated carbocycles. The van der Waals surface area contributed by atoms with Gasteiger partial charge in [-0.2, -0.15) is 0 Å². The topological polar surface area (TPSA) is 83.3 Å². The predicted molar refractivity (Wildman–Crippen MR) is 124 cm³/mol. The van der Waals surface area contributed by atoms with Gasteiger partial charge in [0.2, 0.25) is 0 Å². The number of likely N-dealkylation sites (tertiary alicyclic amines) is 1. The molecule has 1 atom stereocenters. The van der Waals surface area contributed by atoms with Crippen molar-refractivity contribution in [2.24, 2.45) is 4.99 Å². The lowest BCUT2D eigenvalue weighted by molar-refractivity contribution is 0.0193. The number of aromatic nitrogens is 2. The molecular weight excluding hydrogens is 392 g/mol. The summed E-state index contributed by atoms with van der Waals surface area (Å²) in [4.78, 5) is 23.7. The minimum Gasteiger partial charge on any atom is -0.444 e. The Morgan fingerprint density at radius 2 is 2.19 bits per heavy atom. The molecule has 1 unspecified atom stereocenters. The quantitative estimate of drug-likeness (QED) is 0.565. The van der Waals surface area contributed by atoms with Crippen LogP contribution in [0.5, 0.6) is 0 Å². The van der Waals surface area contributed by atoms with Gasteiger partial charge in [-0.1, -0.05) is 6.07 Å². The number of aliphatic imine (C=N–C) groups is 1. The fourth-order valence-electron chi connectivity index (χ4n) is 3.71. The van der Waals surface area contributed by atoms with Crippen LogP contribution in [0.15, 0.2) is 29.5 Å². The van der Waals surface area contributed by atoms with E-state index in [1.807, 2.05) is 33.0 Å². The maximum absolute atomic E-state index is 12.4. The summed E-state index contributed by atoms with van der Waals surface area (Å²) in [5, 5.41) is 6.80. The van der Waals surface area contributed by atoms with Crippen molar-refractivity contribution in [1.82, 2.24) is 24.9 Å². The van der Waals surface area contributed by atoms with Gasteiger partial charge in [-0.3, -0.25) is 4.99 Å². The third-order valence-electron chi connectivity index (χ3n) is 5.12. The number of ether oxygens (including phenoxy) is 1. The second-order valence-electron chi connectivity index (χ2n) is 9.07. The number of carbonyl (C=O) groups is 1. The van der Waals surface area contributed by atoms with Gasteiger partial charge in [0, 0.05) is 51.0 Å². The molecule has 1 amide bonds. The summed E-state index contributed by atoms with van der Waals surface area (Å²) in [5.41, 5.74) is 2.71. The summed E-state index contributed by atoms with van der Waals surface area (Å²) in [6, 6.07) is 4.25. The summed E-state index contributed by atoms with van der Waals surface area (Å²) < 4.78 is 7.59. The summed E-state index contributed by atoms with van der Waals surface area (Å²) in [6.45, 7) is 12.6. The van der Waals surface area contributed by atoms with Crippen LogP contribution in [0, 0.1) is 6.92 Å². The summed E-state index contributed by atoms with van der Waals surface area (Å²) in [5.74, 6) is 0.776. The Morgan fingerprint density at radius 1 is 1.39 bits per heavy atom. The van der Waals surface area contributed by atoms with E-state index in [9.17, 15) is 4.79 Å². The first-order chi connectivity index (χ1) is 14.7. The van der Waals surface area contributed by atoms with E-state index in [1.54, 1.807) is 4.90 Å². The lowest BCUT2D eigenvalue weighted by Gasteiger charge is -2.35. The van der Waals surface area contributed by atoms with Crippen molar-refractivity contribution in [3.05, 3.63) is 35.8 Å². The Kier molecular flexibility index (Phi) is 7.41. The molecule has 8 nitrogen and oxygen atoms in total. The van der Waals surface area contributed by atoms with Gasteiger partial charge in [0.05, 0.1) is 5.69 Å². The third kappa shape index (κ3) is 6.60. The molecule has 0 bridgehead atoms. The summed E-state index contributed by atoms with van der Waals surface area (Å²) >= 11 is 0. The van der Waals surface area contributed by atoms with Crippen LogP contribution in [0.25, 0.3) is 5.65 Å². The lowest BCUT2D eigenvalue weighted by atomic mass is 10.1. The molecule has 2 aromatic heterocycles. The van der Waals surface area contributed by atoms with E-state index in [1.165, 1.54) is 5.56 Å². The van der Waals surface area contributed by atoms with Gasteiger partial charge < -0.3 is 24.7 Å². The van der Waals surface area contributed by atoms with Crippen LogP contribution in [0.2, 0.25) is 0 Å². The van der Waals surface area contributed by atoms with Crippen LogP contribution in [-0.2, 0) is 11.2 Å². The third-order valence-corrected chi connectivity index (χ3v) is 5.12. The molecule has 1 aliphatic rings. The highest BCUT2D eigenvalue weighted by Gasteiger charge is 2.28. The monoisotopic (exact) mass is 428 g/mol. The van der Waals surface area contributed by atoms with Crippen molar-refractivity contribution in [2.75, 3.05) is 26.2 Å². The molecule has 2 aromatic rings. The Bertz CT molecular complexity index is 914. The van der Waals surface area contributed by atoms with Gasteiger partial charge in [0.25, 0.3) is 0 Å². The molecule has 170 valence electrons. The number of carbonyl (C=O) groups excluding carboxylic acids is 1. The van der Waals surface area contributed by atoms with Crippen molar-refractivity contribution in [2.45, 2.75) is 65.5 Å². The molecule has 1 fully saturated rings. The number of piperidine rings is 1. The Hall–Kier alpha value is -2.77. The van der Waals surface area contributed by atoms with Crippen LogP contribution in [0.3, 0.4) is 0 Å². The molecule has 3 heterocycles. The van der Waals surface area contributed by atoms with Crippen LogP contribution in [0.1, 0.15) is 51.8 Å². The Morgan fingerprint density at radius 3 is 2.90 bits per heavy atom. The second-order valence-corrected chi connectivity index (χ2v) is 9.07. The first-order valence-electron chi connectivity index (χ1n) is 11.2. The van der Waals surface area contributed by atoms with Crippen molar-refractivity contribution in [3.63, 3.8) is 0 Å². The fraction of sp³-hybridized carbons (Fsp3) is 0.609. The van der Waals surface area contributed by atoms with E-state index in [-0.39, 0.29) is 12.1 Å². The van der Waals surface area contributed by atoms with Crippen molar-refractivity contribution in [3.8, 4) is 0 Å². The molecule has 0 radical (unpaired) electrons. The molecule has 1 saturated heterocycles. The average molecular weight is 429 g/mol. The summed E-state index contributed by atoms with van der Waals surface area (Å²) in [6.07, 6.45) is 6.55. The van der Waals surface area contributed by atoms with Crippen LogP contribution < -0.4 is 10.6 Å². The van der Waals surface area contributed by atoms with Gasteiger partial charge in [0.15, 0.2) is 5.96 Å². The van der Waals surface area contributed by atoms with E-state index in [0.717, 1.165) is 49.7 Å². The van der Waals surface area contributed by atoms with Crippen molar-refractivity contribution < 1.29 is 9.53 Å². The van der Waals surface area contributed by atoms with Crippen molar-refractivity contribution >= 4 is 17.7 Å². The first-order valence-corrected chi connectivity index (χ1v) is 11.2. The van der Waals surface area contributed by atoms with Gasteiger partial charge in [-0.25, -0.2) is 9.78 Å². The minimum absolute atomic E-state index is 0.150. The molecule has 31 heavy (non-hydrogen) atoms. The Balaban J connectivity index is 1.57. The Labute approximate surface area is 185 Å². The number of pyridine rings is 1. The van der Waals surface area contributed by atoms with Gasteiger partial charge in [0.1, 0.15) is 11.2 Å². The van der Waals surface area contributed by atoms with Crippen LogP contribution >= 0.6 is 0 Å². The zero-order valence-electron chi connectivity index (χ0n) is 19.4. The number of hydrogen-bond donors (Lipinski definition) is 2. The number of nitrogens with one attached hydrogen (secondary N) is 2. The molecule has 0 aromatic carbocycles. The van der Waals surface area contributed by atoms with E-state index in [0.29, 0.717) is 13.1 Å². The maximum atomic E-state index is 12.4. The van der Waals surface area contributed by atoms with Gasteiger partial charge in [-0.15, -0.1) is 0 Å². The number of rotatable bonds is 5. The molecule has 3 rings (SSSR count). The summed E-state index contributed by atoms with van der Waals surface area (Å²) in [7, 11) is 0. The molecule has 0 aliphatic carbocycles. The average Bonchev–Trinajstić information content (AvgIpc) is 3.11. The molecule has 0 spiro atoms. The van der Waals surface area contributed by atoms with E-state index < -0.39 is 5.60 Å². The largest absolute Gasteiger partial charge is 0.444 e. The number of hydrogen-bond acceptors (Lipinski definition) is 4. The normalized spacial score (nSPS) is 17.6. The van der Waals surface area contributed by atoms with Crippen molar-refractivity contribution in [1.29, 1.82) is 0 Å². The SMILES string of the molecule is CCNC(=NCCc1cn2cccc(C)c2n1)NC1CCCN(C(=O)OC(C)(C)C)C1. The van der Waals surface area contributed by atoms with Crippen LogP contribution in [0.4, 0.5) is 4.79 Å². The fourth-order valence-corrected chi connectivity index (χ4v) is 3.71. The smallest absolute Gasteiger partial charge is 0.410 e. The minimum atomic E-state index is -0.482. The van der Waals surface area contributed by atoms with E-state index in [4.69, 9.17) is 14.7 Å². The highest BCUT2D eigenvalue weighted by atomic mass is 16.6. The standard InChI is InChI=1S/C23H36N6O2/c1-6-24-21(25-12-11-19-15-28-13-7-9-17(2)20(28)26-19)27-18-10-8-14-29(16-18)22(30)31-23(3,4)5/h7,9,13,15,18H,6,8,10-12,14,16H2,1-5H3,(H2,24,25,27). The molecule has 1 aliphatic heterocycles. The first kappa shape index (κ1) is 22.9.